The van der Waals surface area contributed by atoms with Crippen molar-refractivity contribution < 1.29 is 0 Å². The van der Waals surface area contributed by atoms with Gasteiger partial charge in [-0.05, 0) is 71.3 Å². The van der Waals surface area contributed by atoms with Crippen LogP contribution in [0.3, 0.4) is 0 Å². The lowest BCUT2D eigenvalue weighted by atomic mass is 9.57. The number of para-hydroxylation sites is 1. The number of fused-ring (bicyclic) bond motifs is 7. The fourth-order valence-electron chi connectivity index (χ4n) is 6.76. The van der Waals surface area contributed by atoms with Crippen LogP contribution in [0.15, 0.2) is 85.0 Å². The summed E-state index contributed by atoms with van der Waals surface area (Å²) in [5.41, 5.74) is 7.15. The fourth-order valence-corrected chi connectivity index (χ4v) is 6.93. The summed E-state index contributed by atoms with van der Waals surface area (Å²) >= 11 is 6.43. The van der Waals surface area contributed by atoms with Gasteiger partial charge in [0.25, 0.3) is 0 Å². The average Bonchev–Trinajstić information content (AvgIpc) is 3.15. The molecule has 138 valence electrons. The Morgan fingerprint density at radius 3 is 2.45 bits per heavy atom. The van der Waals surface area contributed by atoms with E-state index in [-0.39, 0.29) is 0 Å². The Morgan fingerprint density at radius 1 is 0.793 bits per heavy atom. The Morgan fingerprint density at radius 2 is 1.62 bits per heavy atom. The van der Waals surface area contributed by atoms with Gasteiger partial charge in [0.1, 0.15) is 0 Å². The number of halogens is 1. The number of aromatic nitrogens is 1. The minimum absolute atomic E-state index is 0.308. The maximum absolute atomic E-state index is 6.43. The van der Waals surface area contributed by atoms with Gasteiger partial charge in [-0.1, -0.05) is 54.1 Å². The zero-order chi connectivity index (χ0) is 18.9. The summed E-state index contributed by atoms with van der Waals surface area (Å²) < 4.78 is 2.41. The molecule has 1 saturated carbocycles. The Balaban J connectivity index is 1.51. The Kier molecular flexibility index (Phi) is 2.44. The molecule has 8 rings (SSSR count). The van der Waals surface area contributed by atoms with Gasteiger partial charge in [0, 0.05) is 32.8 Å². The van der Waals surface area contributed by atoms with Gasteiger partial charge < -0.3 is 4.57 Å². The largest absolute Gasteiger partial charge is 0.309 e. The number of hydrogen-bond donors (Lipinski definition) is 0. The first-order valence-corrected chi connectivity index (χ1v) is 10.9. The van der Waals surface area contributed by atoms with E-state index in [0.717, 1.165) is 16.9 Å². The van der Waals surface area contributed by atoms with Gasteiger partial charge in [0.15, 0.2) is 0 Å². The minimum Gasteiger partial charge on any atom is -0.309 e. The highest BCUT2D eigenvalue weighted by Gasteiger charge is 2.69. The Hall–Kier alpha value is -2.77. The lowest BCUT2D eigenvalue weighted by Crippen LogP contribution is -2.35. The fraction of sp³-hybridized carbons (Fsp3) is 0.185. The zero-order valence-electron chi connectivity index (χ0n) is 15.7. The SMILES string of the molecule is Clc1ccc2c(c1)c1cc3c(cc1n2-c1ccccc1)C1C=CC12C=CC1C3C12. The Bertz CT molecular complexity index is 1440. The lowest BCUT2D eigenvalue weighted by molar-refractivity contribution is 0.322. The van der Waals surface area contributed by atoms with Crippen molar-refractivity contribution in [2.24, 2.45) is 17.3 Å². The van der Waals surface area contributed by atoms with Crippen molar-refractivity contribution in [3.8, 4) is 5.69 Å². The van der Waals surface area contributed by atoms with Crippen LogP contribution < -0.4 is 0 Å². The van der Waals surface area contributed by atoms with Crippen LogP contribution in [-0.2, 0) is 0 Å². The van der Waals surface area contributed by atoms with Gasteiger partial charge >= 0.3 is 0 Å². The molecule has 5 unspecified atom stereocenters. The quantitative estimate of drug-likeness (QED) is 0.308. The van der Waals surface area contributed by atoms with Crippen LogP contribution in [0.1, 0.15) is 23.0 Å². The zero-order valence-corrected chi connectivity index (χ0v) is 16.5. The van der Waals surface area contributed by atoms with E-state index in [4.69, 9.17) is 11.6 Å². The van der Waals surface area contributed by atoms with Crippen molar-refractivity contribution in [3.63, 3.8) is 0 Å². The summed E-state index contributed by atoms with van der Waals surface area (Å²) in [4.78, 5) is 0. The number of benzene rings is 3. The molecule has 3 aromatic carbocycles. The van der Waals surface area contributed by atoms with E-state index in [9.17, 15) is 0 Å². The highest BCUT2D eigenvalue weighted by molar-refractivity contribution is 6.32. The minimum atomic E-state index is 0.308. The molecule has 0 amide bonds. The second kappa shape index (κ2) is 4.68. The monoisotopic (exact) mass is 391 g/mol. The van der Waals surface area contributed by atoms with E-state index in [1.165, 1.54) is 27.5 Å². The standard InChI is InChI=1S/C27H18ClN/c28-15-6-7-23-19(12-15)20-13-21-18(14-24(20)29(23)16-4-2-1-3-5-16)22-9-11-27(22)10-8-17-25(21)26(17)27/h1-14,17,22,25-26H. The molecule has 1 aromatic heterocycles. The first-order chi connectivity index (χ1) is 14.3. The summed E-state index contributed by atoms with van der Waals surface area (Å²) in [6, 6.07) is 22.0. The molecule has 0 bridgehead atoms. The van der Waals surface area contributed by atoms with Crippen molar-refractivity contribution in [1.82, 2.24) is 4.57 Å². The summed E-state index contributed by atoms with van der Waals surface area (Å²) in [6.45, 7) is 0. The second-order valence-electron chi connectivity index (χ2n) is 9.16. The second-order valence-corrected chi connectivity index (χ2v) is 9.59. The molecule has 0 radical (unpaired) electrons. The van der Waals surface area contributed by atoms with Crippen LogP contribution in [0.25, 0.3) is 27.5 Å². The summed E-state index contributed by atoms with van der Waals surface area (Å²) in [5, 5.41) is 3.38. The molecule has 4 aromatic rings. The predicted octanol–water partition coefficient (Wildman–Crippen LogP) is 6.99. The molecule has 4 aliphatic carbocycles. The topological polar surface area (TPSA) is 4.93 Å². The van der Waals surface area contributed by atoms with E-state index in [1.807, 2.05) is 6.07 Å². The maximum Gasteiger partial charge on any atom is 0.0544 e. The highest BCUT2D eigenvalue weighted by Crippen LogP contribution is 2.78. The third-order valence-electron chi connectivity index (χ3n) is 8.02. The molecule has 29 heavy (non-hydrogen) atoms. The van der Waals surface area contributed by atoms with E-state index >= 15 is 0 Å². The van der Waals surface area contributed by atoms with Crippen molar-refractivity contribution in [1.29, 1.82) is 0 Å². The molecule has 0 saturated heterocycles. The smallest absolute Gasteiger partial charge is 0.0544 e. The molecule has 1 fully saturated rings. The average molecular weight is 392 g/mol. The van der Waals surface area contributed by atoms with Crippen LogP contribution in [-0.4, -0.2) is 4.57 Å². The van der Waals surface area contributed by atoms with Gasteiger partial charge in [0.2, 0.25) is 0 Å². The van der Waals surface area contributed by atoms with Crippen LogP contribution in [0.2, 0.25) is 5.02 Å². The third-order valence-corrected chi connectivity index (χ3v) is 8.25. The van der Waals surface area contributed by atoms with Gasteiger partial charge in [-0.15, -0.1) is 0 Å². The molecule has 5 atom stereocenters. The lowest BCUT2D eigenvalue weighted by Gasteiger charge is -2.45. The van der Waals surface area contributed by atoms with Crippen LogP contribution >= 0.6 is 11.6 Å². The normalized spacial score (nSPS) is 32.2. The van der Waals surface area contributed by atoms with Crippen LogP contribution in [0.5, 0.6) is 0 Å². The number of hydrogen-bond acceptors (Lipinski definition) is 0. The van der Waals surface area contributed by atoms with E-state index in [0.29, 0.717) is 17.3 Å². The molecule has 4 aliphatic rings. The molecule has 1 nitrogen and oxygen atoms in total. The number of rotatable bonds is 1. The van der Waals surface area contributed by atoms with Gasteiger partial charge in [-0.3, -0.25) is 0 Å². The van der Waals surface area contributed by atoms with E-state index < -0.39 is 0 Å². The van der Waals surface area contributed by atoms with E-state index in [2.05, 4.69) is 83.5 Å². The molecule has 0 N–H and O–H groups in total. The molecular formula is C27H18ClN. The molecule has 1 heterocycles. The highest BCUT2D eigenvalue weighted by atomic mass is 35.5. The van der Waals surface area contributed by atoms with Gasteiger partial charge in [-0.25, -0.2) is 0 Å². The van der Waals surface area contributed by atoms with Gasteiger partial charge in [-0.2, -0.15) is 0 Å². The molecule has 2 heteroatoms. The first-order valence-electron chi connectivity index (χ1n) is 10.5. The first kappa shape index (κ1) is 15.1. The molecule has 0 aliphatic heterocycles. The summed E-state index contributed by atoms with van der Waals surface area (Å²) in [6.07, 6.45) is 9.89. The maximum atomic E-state index is 6.43. The number of allylic oxidation sites excluding steroid dienone is 4. The third kappa shape index (κ3) is 1.60. The molecular weight excluding hydrogens is 374 g/mol. The predicted molar refractivity (Wildman–Crippen MR) is 119 cm³/mol. The van der Waals surface area contributed by atoms with Gasteiger partial charge in [0.05, 0.1) is 11.0 Å². The van der Waals surface area contributed by atoms with E-state index in [1.54, 1.807) is 11.1 Å². The van der Waals surface area contributed by atoms with Crippen molar-refractivity contribution in [3.05, 3.63) is 101 Å². The van der Waals surface area contributed by atoms with Crippen LogP contribution in [0.4, 0.5) is 0 Å². The van der Waals surface area contributed by atoms with Crippen LogP contribution in [0, 0.1) is 17.3 Å². The number of nitrogens with zero attached hydrogens (tertiary/aromatic N) is 1. The van der Waals surface area contributed by atoms with Crippen molar-refractivity contribution >= 4 is 33.4 Å². The van der Waals surface area contributed by atoms with Crippen molar-refractivity contribution in [2.75, 3.05) is 0 Å². The summed E-state index contributed by atoms with van der Waals surface area (Å²) in [7, 11) is 0. The Labute approximate surface area is 173 Å². The molecule has 1 spiro atoms. The van der Waals surface area contributed by atoms with Crippen molar-refractivity contribution in [2.45, 2.75) is 11.8 Å². The summed E-state index contributed by atoms with van der Waals surface area (Å²) in [5.74, 6) is 2.79.